The van der Waals surface area contributed by atoms with Gasteiger partial charge in [-0.3, -0.25) is 0 Å². The molecule has 2 heterocycles. The van der Waals surface area contributed by atoms with Crippen LogP contribution in [0.5, 0.6) is 0 Å². The SMILES string of the molecule is NC1=NC(=O)NC12CCCc1sccc12. The summed E-state index contributed by atoms with van der Waals surface area (Å²) < 4.78 is 0. The first-order chi connectivity index (χ1) is 7.22. The highest BCUT2D eigenvalue weighted by Gasteiger charge is 2.45. The highest BCUT2D eigenvalue weighted by Crippen LogP contribution is 2.40. The molecule has 0 radical (unpaired) electrons. The second-order valence-corrected chi connectivity index (χ2v) is 4.94. The summed E-state index contributed by atoms with van der Waals surface area (Å²) in [6.07, 6.45) is 2.99. The number of aryl methyl sites for hydroxylation is 1. The third kappa shape index (κ3) is 1.07. The number of aliphatic imine (C=N–C) groups is 1. The predicted molar refractivity (Wildman–Crippen MR) is 59.1 cm³/mol. The summed E-state index contributed by atoms with van der Waals surface area (Å²) in [5.41, 5.74) is 6.53. The number of hydrogen-bond acceptors (Lipinski definition) is 3. The molecule has 4 nitrogen and oxygen atoms in total. The van der Waals surface area contributed by atoms with E-state index in [1.807, 2.05) is 6.07 Å². The van der Waals surface area contributed by atoms with Crippen molar-refractivity contribution in [3.05, 3.63) is 21.9 Å². The van der Waals surface area contributed by atoms with Crippen LogP contribution in [-0.4, -0.2) is 11.9 Å². The van der Waals surface area contributed by atoms with E-state index in [1.165, 1.54) is 4.88 Å². The Bertz CT molecular complexity index is 465. The topological polar surface area (TPSA) is 67.5 Å². The van der Waals surface area contributed by atoms with Crippen LogP contribution >= 0.6 is 11.3 Å². The molecule has 1 aromatic heterocycles. The molecule has 78 valence electrons. The number of carbonyl (C=O) groups excluding carboxylic acids is 1. The Morgan fingerprint density at radius 2 is 2.47 bits per heavy atom. The Kier molecular flexibility index (Phi) is 1.68. The van der Waals surface area contributed by atoms with Crippen LogP contribution < -0.4 is 11.1 Å². The van der Waals surface area contributed by atoms with Gasteiger partial charge in [0.1, 0.15) is 11.4 Å². The molecule has 15 heavy (non-hydrogen) atoms. The number of nitrogens with one attached hydrogen (secondary N) is 1. The molecular formula is C10H11N3OS. The predicted octanol–water partition coefficient (Wildman–Crippen LogP) is 1.36. The van der Waals surface area contributed by atoms with Gasteiger partial charge in [-0.1, -0.05) is 0 Å². The van der Waals surface area contributed by atoms with Crippen LogP contribution in [0.1, 0.15) is 23.3 Å². The van der Waals surface area contributed by atoms with Crippen molar-refractivity contribution in [2.24, 2.45) is 10.7 Å². The zero-order valence-electron chi connectivity index (χ0n) is 8.12. The van der Waals surface area contributed by atoms with Gasteiger partial charge in [0.05, 0.1) is 0 Å². The molecule has 1 atom stereocenters. The number of hydrogen-bond donors (Lipinski definition) is 2. The standard InChI is InChI=1S/C10H11N3OS/c11-8-10(13-9(14)12-8)4-1-2-7-6(10)3-5-15-7/h3,5H,1-2,4H2,(H3,11,12,13,14). The van der Waals surface area contributed by atoms with Gasteiger partial charge in [-0.2, -0.15) is 4.99 Å². The second kappa shape index (κ2) is 2.82. The minimum atomic E-state index is -0.495. The fourth-order valence-electron chi connectivity index (χ4n) is 2.44. The van der Waals surface area contributed by atoms with Crippen LogP contribution in [0.25, 0.3) is 0 Å². The Balaban J connectivity index is 2.17. The van der Waals surface area contributed by atoms with Gasteiger partial charge >= 0.3 is 6.03 Å². The molecule has 0 saturated heterocycles. The van der Waals surface area contributed by atoms with E-state index in [-0.39, 0.29) is 6.03 Å². The van der Waals surface area contributed by atoms with Crippen LogP contribution in [0, 0.1) is 0 Å². The zero-order valence-corrected chi connectivity index (χ0v) is 8.93. The maximum Gasteiger partial charge on any atom is 0.343 e. The molecule has 3 rings (SSSR count). The van der Waals surface area contributed by atoms with Gasteiger partial charge < -0.3 is 11.1 Å². The number of nitrogens with zero attached hydrogens (tertiary/aromatic N) is 1. The normalized spacial score (nSPS) is 28.8. The van der Waals surface area contributed by atoms with E-state index in [0.29, 0.717) is 5.84 Å². The first kappa shape index (κ1) is 8.91. The number of fused-ring (bicyclic) bond motifs is 2. The van der Waals surface area contributed by atoms with Gasteiger partial charge in [-0.25, -0.2) is 4.79 Å². The maximum absolute atomic E-state index is 11.3. The molecule has 2 amide bonds. The largest absolute Gasteiger partial charge is 0.385 e. The lowest BCUT2D eigenvalue weighted by molar-refractivity contribution is 0.244. The summed E-state index contributed by atoms with van der Waals surface area (Å²) in [5, 5.41) is 4.95. The Morgan fingerprint density at radius 1 is 1.60 bits per heavy atom. The zero-order chi connectivity index (χ0) is 10.5. The molecule has 1 aliphatic carbocycles. The van der Waals surface area contributed by atoms with Gasteiger partial charge in [-0.15, -0.1) is 11.3 Å². The van der Waals surface area contributed by atoms with E-state index in [2.05, 4.69) is 15.7 Å². The lowest BCUT2D eigenvalue weighted by Crippen LogP contribution is -2.50. The molecule has 1 spiro atoms. The second-order valence-electron chi connectivity index (χ2n) is 3.94. The van der Waals surface area contributed by atoms with Crippen LogP contribution in [0.2, 0.25) is 0 Å². The van der Waals surface area contributed by atoms with Crippen molar-refractivity contribution in [3.8, 4) is 0 Å². The minimum Gasteiger partial charge on any atom is -0.385 e. The van der Waals surface area contributed by atoms with Crippen LogP contribution in [0.4, 0.5) is 4.79 Å². The summed E-state index contributed by atoms with van der Waals surface area (Å²) in [4.78, 5) is 16.4. The molecule has 0 fully saturated rings. The fraction of sp³-hybridized carbons (Fsp3) is 0.400. The molecule has 0 bridgehead atoms. The number of thiophene rings is 1. The van der Waals surface area contributed by atoms with E-state index in [1.54, 1.807) is 11.3 Å². The minimum absolute atomic E-state index is 0.313. The Labute approximate surface area is 91.2 Å². The quantitative estimate of drug-likeness (QED) is 0.694. The highest BCUT2D eigenvalue weighted by molar-refractivity contribution is 7.10. The molecule has 0 aromatic carbocycles. The molecule has 1 aliphatic heterocycles. The molecule has 0 saturated carbocycles. The fourth-order valence-corrected chi connectivity index (χ4v) is 3.44. The van der Waals surface area contributed by atoms with Gasteiger partial charge in [0.25, 0.3) is 0 Å². The van der Waals surface area contributed by atoms with Gasteiger partial charge in [0.15, 0.2) is 0 Å². The van der Waals surface area contributed by atoms with Gasteiger partial charge in [0.2, 0.25) is 0 Å². The number of amidine groups is 1. The molecule has 5 heteroatoms. The Morgan fingerprint density at radius 3 is 3.20 bits per heavy atom. The first-order valence-corrected chi connectivity index (χ1v) is 5.84. The van der Waals surface area contributed by atoms with Crippen LogP contribution in [0.15, 0.2) is 16.4 Å². The summed E-state index contributed by atoms with van der Waals surface area (Å²) in [7, 11) is 0. The Hall–Kier alpha value is -1.36. The first-order valence-electron chi connectivity index (χ1n) is 4.96. The number of rotatable bonds is 0. The third-order valence-corrected chi connectivity index (χ3v) is 4.12. The molecular weight excluding hydrogens is 210 g/mol. The molecule has 1 unspecified atom stereocenters. The van der Waals surface area contributed by atoms with E-state index in [0.717, 1.165) is 24.8 Å². The molecule has 1 aromatic rings. The van der Waals surface area contributed by atoms with Crippen LogP contribution in [-0.2, 0) is 12.0 Å². The van der Waals surface area contributed by atoms with Crippen molar-refractivity contribution < 1.29 is 4.79 Å². The van der Waals surface area contributed by atoms with Crippen molar-refractivity contribution in [2.75, 3.05) is 0 Å². The summed E-state index contributed by atoms with van der Waals surface area (Å²) in [5.74, 6) is 0.423. The molecule has 2 aliphatic rings. The average molecular weight is 221 g/mol. The van der Waals surface area contributed by atoms with Crippen molar-refractivity contribution in [2.45, 2.75) is 24.8 Å². The van der Waals surface area contributed by atoms with Gasteiger partial charge in [-0.05, 0) is 36.3 Å². The lowest BCUT2D eigenvalue weighted by atomic mass is 9.80. The summed E-state index contributed by atoms with van der Waals surface area (Å²) in [6, 6.07) is 1.74. The maximum atomic E-state index is 11.3. The lowest BCUT2D eigenvalue weighted by Gasteiger charge is -2.33. The molecule has 3 N–H and O–H groups in total. The van der Waals surface area contributed by atoms with Crippen molar-refractivity contribution >= 4 is 23.2 Å². The van der Waals surface area contributed by atoms with Crippen molar-refractivity contribution in [1.29, 1.82) is 0 Å². The van der Waals surface area contributed by atoms with Crippen molar-refractivity contribution in [3.63, 3.8) is 0 Å². The number of urea groups is 1. The number of nitrogens with two attached hydrogens (primary N) is 1. The van der Waals surface area contributed by atoms with E-state index in [9.17, 15) is 4.79 Å². The van der Waals surface area contributed by atoms with Crippen LogP contribution in [0.3, 0.4) is 0 Å². The third-order valence-electron chi connectivity index (χ3n) is 3.14. The van der Waals surface area contributed by atoms with E-state index < -0.39 is 5.54 Å². The monoisotopic (exact) mass is 221 g/mol. The highest BCUT2D eigenvalue weighted by atomic mass is 32.1. The van der Waals surface area contributed by atoms with E-state index in [4.69, 9.17) is 5.73 Å². The number of amides is 2. The van der Waals surface area contributed by atoms with Crippen molar-refractivity contribution in [1.82, 2.24) is 5.32 Å². The average Bonchev–Trinajstić information content (AvgIpc) is 2.74. The van der Waals surface area contributed by atoms with E-state index >= 15 is 0 Å². The number of carbonyl (C=O) groups is 1. The summed E-state index contributed by atoms with van der Waals surface area (Å²) in [6.45, 7) is 0. The summed E-state index contributed by atoms with van der Waals surface area (Å²) >= 11 is 1.73. The van der Waals surface area contributed by atoms with Gasteiger partial charge in [0, 0.05) is 4.88 Å². The smallest absolute Gasteiger partial charge is 0.343 e.